The molecule has 0 saturated heterocycles. The third-order valence-electron chi connectivity index (χ3n) is 4.21. The lowest BCUT2D eigenvalue weighted by Crippen LogP contribution is -2.42. The van der Waals surface area contributed by atoms with Gasteiger partial charge in [0.2, 0.25) is 0 Å². The van der Waals surface area contributed by atoms with E-state index in [9.17, 15) is 0 Å². The average molecular weight is 325 g/mol. The number of hydrogen-bond donors (Lipinski definition) is 2. The van der Waals surface area contributed by atoms with Gasteiger partial charge in [0.25, 0.3) is 0 Å². The molecule has 0 atom stereocenters. The van der Waals surface area contributed by atoms with Crippen LogP contribution in [0.4, 0.5) is 0 Å². The Hall–Kier alpha value is -0.380. The van der Waals surface area contributed by atoms with E-state index in [0.29, 0.717) is 12.1 Å². The molecule has 1 aromatic rings. The molecule has 2 nitrogen and oxygen atoms in total. The van der Waals surface area contributed by atoms with Gasteiger partial charge in [-0.3, -0.25) is 0 Å². The van der Waals surface area contributed by atoms with E-state index in [0.717, 1.165) is 19.4 Å². The van der Waals surface area contributed by atoms with Gasteiger partial charge in [0.15, 0.2) is 0 Å². The van der Waals surface area contributed by atoms with E-state index in [2.05, 4.69) is 59.4 Å². The Bertz CT molecular complexity index is 409. The van der Waals surface area contributed by atoms with Crippen LogP contribution in [0.5, 0.6) is 0 Å². The molecule has 0 bridgehead atoms. The third kappa shape index (κ3) is 4.04. The molecule has 3 N–H and O–H groups in total. The Morgan fingerprint density at radius 3 is 2.47 bits per heavy atom. The lowest BCUT2D eigenvalue weighted by Gasteiger charge is -2.32. The highest BCUT2D eigenvalue weighted by atomic mass is 79.9. The van der Waals surface area contributed by atoms with Gasteiger partial charge in [0, 0.05) is 28.5 Å². The maximum absolute atomic E-state index is 5.96. The highest BCUT2D eigenvalue weighted by molar-refractivity contribution is 9.10. The predicted octanol–water partition coefficient (Wildman–Crippen LogP) is 3.59. The van der Waals surface area contributed by atoms with Crippen molar-refractivity contribution >= 4 is 15.9 Å². The van der Waals surface area contributed by atoms with Crippen LogP contribution in [0.25, 0.3) is 0 Å². The largest absolute Gasteiger partial charge is 0.328 e. The van der Waals surface area contributed by atoms with Crippen LogP contribution in [0.3, 0.4) is 0 Å². The van der Waals surface area contributed by atoms with Crippen LogP contribution >= 0.6 is 15.9 Å². The second kappa shape index (κ2) is 6.38. The predicted molar refractivity (Wildman–Crippen MR) is 85.4 cm³/mol. The van der Waals surface area contributed by atoms with Gasteiger partial charge in [-0.2, -0.15) is 0 Å². The van der Waals surface area contributed by atoms with E-state index >= 15 is 0 Å². The number of halogens is 1. The van der Waals surface area contributed by atoms with Crippen LogP contribution in [0.2, 0.25) is 0 Å². The molecule has 3 heteroatoms. The average Bonchev–Trinajstić information content (AvgIpc) is 2.38. The van der Waals surface area contributed by atoms with Gasteiger partial charge < -0.3 is 11.1 Å². The number of nitrogens with two attached hydrogens (primary N) is 1. The minimum absolute atomic E-state index is 0.139. The zero-order chi connectivity index (χ0) is 13.9. The molecule has 2 rings (SSSR count). The lowest BCUT2D eigenvalue weighted by molar-refractivity contribution is 0.319. The lowest BCUT2D eigenvalue weighted by atomic mass is 9.83. The van der Waals surface area contributed by atoms with E-state index in [1.807, 2.05) is 0 Å². The van der Waals surface area contributed by atoms with Crippen molar-refractivity contribution in [2.75, 3.05) is 6.54 Å². The number of hydrogen-bond acceptors (Lipinski definition) is 2. The SMILES string of the molecule is CC(C)(CNC1CCC(N)CC1)c1ccccc1Br. The summed E-state index contributed by atoms with van der Waals surface area (Å²) < 4.78 is 1.20. The van der Waals surface area contributed by atoms with Gasteiger partial charge >= 0.3 is 0 Å². The second-order valence-electron chi connectivity index (χ2n) is 6.36. The molecule has 106 valence electrons. The van der Waals surface area contributed by atoms with E-state index in [4.69, 9.17) is 5.73 Å². The molecule has 1 aliphatic carbocycles. The summed E-state index contributed by atoms with van der Waals surface area (Å²) in [5.41, 5.74) is 7.46. The number of rotatable bonds is 4. The summed E-state index contributed by atoms with van der Waals surface area (Å²) in [4.78, 5) is 0. The van der Waals surface area contributed by atoms with Crippen molar-refractivity contribution in [2.45, 2.75) is 57.0 Å². The fraction of sp³-hybridized carbons (Fsp3) is 0.625. The highest BCUT2D eigenvalue weighted by Gasteiger charge is 2.25. The summed E-state index contributed by atoms with van der Waals surface area (Å²) in [6, 6.07) is 9.58. The summed E-state index contributed by atoms with van der Waals surface area (Å²) in [5.74, 6) is 0. The van der Waals surface area contributed by atoms with Crippen molar-refractivity contribution in [2.24, 2.45) is 5.73 Å². The monoisotopic (exact) mass is 324 g/mol. The van der Waals surface area contributed by atoms with Crippen molar-refractivity contribution in [1.29, 1.82) is 0 Å². The van der Waals surface area contributed by atoms with E-state index in [1.54, 1.807) is 0 Å². The minimum atomic E-state index is 0.139. The van der Waals surface area contributed by atoms with Crippen LogP contribution in [-0.4, -0.2) is 18.6 Å². The molecular formula is C16H25BrN2. The van der Waals surface area contributed by atoms with Gasteiger partial charge in [-0.15, -0.1) is 0 Å². The summed E-state index contributed by atoms with van der Waals surface area (Å²) in [6.07, 6.45) is 4.75. The molecule has 0 radical (unpaired) electrons. The molecule has 0 spiro atoms. The molecule has 0 heterocycles. The number of benzene rings is 1. The first-order chi connectivity index (χ1) is 8.99. The van der Waals surface area contributed by atoms with Crippen LogP contribution < -0.4 is 11.1 Å². The van der Waals surface area contributed by atoms with Crippen LogP contribution in [0.15, 0.2) is 28.7 Å². The molecule has 0 unspecified atom stereocenters. The molecule has 1 fully saturated rings. The van der Waals surface area contributed by atoms with Gasteiger partial charge in [-0.1, -0.05) is 48.0 Å². The zero-order valence-corrected chi connectivity index (χ0v) is 13.5. The Kier molecular flexibility index (Phi) is 5.04. The maximum atomic E-state index is 5.96. The fourth-order valence-corrected chi connectivity index (χ4v) is 3.65. The van der Waals surface area contributed by atoms with Gasteiger partial charge in [-0.25, -0.2) is 0 Å². The molecule has 1 aliphatic rings. The third-order valence-corrected chi connectivity index (χ3v) is 4.90. The number of nitrogens with one attached hydrogen (secondary N) is 1. The van der Waals surface area contributed by atoms with Gasteiger partial charge in [-0.05, 0) is 37.3 Å². The van der Waals surface area contributed by atoms with E-state index < -0.39 is 0 Å². The summed E-state index contributed by atoms with van der Waals surface area (Å²) in [6.45, 7) is 5.61. The Morgan fingerprint density at radius 1 is 1.21 bits per heavy atom. The van der Waals surface area contributed by atoms with Crippen molar-refractivity contribution in [1.82, 2.24) is 5.32 Å². The topological polar surface area (TPSA) is 38.0 Å². The Morgan fingerprint density at radius 2 is 1.84 bits per heavy atom. The van der Waals surface area contributed by atoms with E-state index in [1.165, 1.54) is 22.9 Å². The molecule has 1 aromatic carbocycles. The maximum Gasteiger partial charge on any atom is 0.0213 e. The molecule has 0 aliphatic heterocycles. The Balaban J connectivity index is 1.93. The minimum Gasteiger partial charge on any atom is -0.328 e. The Labute approximate surface area is 125 Å². The first-order valence-corrected chi connectivity index (χ1v) is 8.02. The molecule has 1 saturated carbocycles. The van der Waals surface area contributed by atoms with Crippen molar-refractivity contribution in [3.8, 4) is 0 Å². The van der Waals surface area contributed by atoms with Crippen LogP contribution in [-0.2, 0) is 5.41 Å². The molecule has 0 aromatic heterocycles. The van der Waals surface area contributed by atoms with Crippen molar-refractivity contribution in [3.05, 3.63) is 34.3 Å². The summed E-state index contributed by atoms with van der Waals surface area (Å²) >= 11 is 3.66. The van der Waals surface area contributed by atoms with E-state index in [-0.39, 0.29) is 5.41 Å². The zero-order valence-electron chi connectivity index (χ0n) is 12.0. The van der Waals surface area contributed by atoms with Crippen molar-refractivity contribution < 1.29 is 0 Å². The molecule has 19 heavy (non-hydrogen) atoms. The normalized spacial score (nSPS) is 24.4. The van der Waals surface area contributed by atoms with Gasteiger partial charge in [0.05, 0.1) is 0 Å². The van der Waals surface area contributed by atoms with Gasteiger partial charge in [0.1, 0.15) is 0 Å². The fourth-order valence-electron chi connectivity index (χ4n) is 2.83. The standard InChI is InChI=1S/C16H25BrN2/c1-16(2,14-5-3-4-6-15(14)17)11-19-13-9-7-12(18)8-10-13/h3-6,12-13,19H,7-11,18H2,1-2H3. The van der Waals surface area contributed by atoms with Crippen LogP contribution in [0.1, 0.15) is 45.1 Å². The van der Waals surface area contributed by atoms with Crippen LogP contribution in [0, 0.1) is 0 Å². The quantitative estimate of drug-likeness (QED) is 0.888. The summed E-state index contributed by atoms with van der Waals surface area (Å²) in [7, 11) is 0. The second-order valence-corrected chi connectivity index (χ2v) is 7.21. The highest BCUT2D eigenvalue weighted by Crippen LogP contribution is 2.30. The smallest absolute Gasteiger partial charge is 0.0213 e. The first kappa shape index (κ1) is 15.0. The van der Waals surface area contributed by atoms with Crippen molar-refractivity contribution in [3.63, 3.8) is 0 Å². The molecule has 0 amide bonds. The first-order valence-electron chi connectivity index (χ1n) is 7.23. The molecular weight excluding hydrogens is 300 g/mol. The summed E-state index contributed by atoms with van der Waals surface area (Å²) in [5, 5.41) is 3.73.